The van der Waals surface area contributed by atoms with Gasteiger partial charge >= 0.3 is 0 Å². The van der Waals surface area contributed by atoms with Crippen LogP contribution < -0.4 is 0 Å². The van der Waals surface area contributed by atoms with Crippen molar-refractivity contribution in [3.05, 3.63) is 59.7 Å². The largest absolute Gasteiger partial charge is 0.362 e. The number of fused-ring (bicyclic) bond motifs is 3. The number of rotatable bonds is 0. The molecular weight excluding hydrogens is 248 g/mol. The topological polar surface area (TPSA) is 40.5 Å². The van der Waals surface area contributed by atoms with Gasteiger partial charge in [-0.25, -0.2) is 0 Å². The molecule has 2 heteroatoms. The smallest absolute Gasteiger partial charge is 0.190 e. The Morgan fingerprint density at radius 1 is 0.800 bits per heavy atom. The zero-order valence-electron chi connectivity index (χ0n) is 11.1. The first-order chi connectivity index (χ1) is 9.63. The summed E-state index contributed by atoms with van der Waals surface area (Å²) in [6, 6.07) is 16.6. The summed E-state index contributed by atoms with van der Waals surface area (Å²) in [6.07, 6.45) is 2.15. The fraction of sp³-hybridized carbons (Fsp3) is 0.222. The van der Waals surface area contributed by atoms with Crippen molar-refractivity contribution in [2.45, 2.75) is 25.0 Å². The second-order valence-electron chi connectivity index (χ2n) is 5.73. The molecule has 0 amide bonds. The highest BCUT2D eigenvalue weighted by molar-refractivity contribution is 5.98. The highest BCUT2D eigenvalue weighted by atomic mass is 16.5. The van der Waals surface area contributed by atoms with Crippen molar-refractivity contribution in [2.24, 2.45) is 0 Å². The van der Waals surface area contributed by atoms with Gasteiger partial charge in [-0.3, -0.25) is 0 Å². The third-order valence-corrected chi connectivity index (χ3v) is 4.33. The quantitative estimate of drug-likeness (QED) is 0.482. The number of benzene rings is 3. The van der Waals surface area contributed by atoms with E-state index in [-0.39, 0.29) is 0 Å². The summed E-state index contributed by atoms with van der Waals surface area (Å²) in [7, 11) is 0. The molecule has 100 valence electrons. The fourth-order valence-electron chi connectivity index (χ4n) is 3.28. The lowest BCUT2D eigenvalue weighted by atomic mass is 9.84. The Balaban J connectivity index is 2.05. The normalized spacial score (nSPS) is 17.3. The van der Waals surface area contributed by atoms with Gasteiger partial charge in [0.1, 0.15) is 0 Å². The maximum absolute atomic E-state index is 10.2. The lowest BCUT2D eigenvalue weighted by molar-refractivity contribution is -0.179. The average molecular weight is 264 g/mol. The van der Waals surface area contributed by atoms with Crippen LogP contribution >= 0.6 is 0 Å². The zero-order chi connectivity index (χ0) is 13.7. The molecule has 3 aromatic rings. The second kappa shape index (κ2) is 4.05. The molecule has 0 spiro atoms. The monoisotopic (exact) mass is 264 g/mol. The minimum absolute atomic E-state index is 0.416. The van der Waals surface area contributed by atoms with Gasteiger partial charge in [0.25, 0.3) is 0 Å². The molecule has 0 bridgehead atoms. The Labute approximate surface area is 117 Å². The third kappa shape index (κ3) is 1.73. The van der Waals surface area contributed by atoms with Crippen LogP contribution in [-0.4, -0.2) is 10.2 Å². The standard InChI is InChI=1S/C18H16O2/c19-18(20)7-3-6-14-10-15-8-12-4-1-2-5-13(12)9-16(15)11-17(14)18/h1-2,4-5,8-11,19-20H,3,6-7H2. The van der Waals surface area contributed by atoms with Crippen molar-refractivity contribution in [2.75, 3.05) is 0 Å². The molecule has 2 N–H and O–H groups in total. The van der Waals surface area contributed by atoms with Gasteiger partial charge in [0.15, 0.2) is 5.79 Å². The van der Waals surface area contributed by atoms with E-state index in [1.807, 2.05) is 18.2 Å². The molecule has 0 aliphatic heterocycles. The highest BCUT2D eigenvalue weighted by Crippen LogP contribution is 2.36. The van der Waals surface area contributed by atoms with Crippen LogP contribution in [0.5, 0.6) is 0 Å². The summed E-state index contributed by atoms with van der Waals surface area (Å²) < 4.78 is 0. The van der Waals surface area contributed by atoms with Gasteiger partial charge in [0.05, 0.1) is 0 Å². The SMILES string of the molecule is OC1(O)CCCc2cc3cc4ccccc4cc3cc21. The summed E-state index contributed by atoms with van der Waals surface area (Å²) in [6.45, 7) is 0. The highest BCUT2D eigenvalue weighted by Gasteiger charge is 2.31. The van der Waals surface area contributed by atoms with E-state index in [0.717, 1.165) is 23.8 Å². The first kappa shape index (κ1) is 11.9. The summed E-state index contributed by atoms with van der Waals surface area (Å²) >= 11 is 0. The molecule has 0 fully saturated rings. The molecule has 3 aromatic carbocycles. The van der Waals surface area contributed by atoms with Gasteiger partial charge in [-0.1, -0.05) is 30.3 Å². The third-order valence-electron chi connectivity index (χ3n) is 4.33. The van der Waals surface area contributed by atoms with E-state index >= 15 is 0 Å². The number of aryl methyl sites for hydroxylation is 1. The van der Waals surface area contributed by atoms with E-state index < -0.39 is 5.79 Å². The molecule has 1 aliphatic rings. The van der Waals surface area contributed by atoms with Crippen LogP contribution in [0.25, 0.3) is 21.5 Å². The van der Waals surface area contributed by atoms with Crippen molar-refractivity contribution < 1.29 is 10.2 Å². The Morgan fingerprint density at radius 2 is 1.45 bits per heavy atom. The van der Waals surface area contributed by atoms with Crippen molar-refractivity contribution in [1.82, 2.24) is 0 Å². The van der Waals surface area contributed by atoms with Gasteiger partial charge in [0.2, 0.25) is 0 Å². The molecule has 0 saturated carbocycles. The van der Waals surface area contributed by atoms with Crippen molar-refractivity contribution in [3.63, 3.8) is 0 Å². The Morgan fingerprint density at radius 3 is 2.15 bits per heavy atom. The second-order valence-corrected chi connectivity index (χ2v) is 5.73. The van der Waals surface area contributed by atoms with Crippen LogP contribution in [-0.2, 0) is 12.2 Å². The van der Waals surface area contributed by atoms with Crippen molar-refractivity contribution in [3.8, 4) is 0 Å². The van der Waals surface area contributed by atoms with Gasteiger partial charge < -0.3 is 10.2 Å². The lowest BCUT2D eigenvalue weighted by Gasteiger charge is -2.29. The van der Waals surface area contributed by atoms with Crippen LogP contribution in [0.2, 0.25) is 0 Å². The molecule has 20 heavy (non-hydrogen) atoms. The molecule has 0 aromatic heterocycles. The van der Waals surface area contributed by atoms with E-state index in [0.29, 0.717) is 12.0 Å². The van der Waals surface area contributed by atoms with E-state index in [1.165, 1.54) is 16.2 Å². The molecule has 1 aliphatic carbocycles. The average Bonchev–Trinajstić information content (AvgIpc) is 2.43. The predicted octanol–water partition coefficient (Wildman–Crippen LogP) is 3.47. The van der Waals surface area contributed by atoms with Gasteiger partial charge in [-0.05, 0) is 58.1 Å². The number of hydrogen-bond acceptors (Lipinski definition) is 2. The number of aliphatic hydroxyl groups is 2. The van der Waals surface area contributed by atoms with Gasteiger partial charge in [-0.15, -0.1) is 0 Å². The van der Waals surface area contributed by atoms with Crippen LogP contribution in [0.1, 0.15) is 24.0 Å². The van der Waals surface area contributed by atoms with Crippen LogP contribution in [0, 0.1) is 0 Å². The molecule has 0 atom stereocenters. The van der Waals surface area contributed by atoms with Crippen LogP contribution in [0.4, 0.5) is 0 Å². The van der Waals surface area contributed by atoms with Gasteiger partial charge in [0, 0.05) is 12.0 Å². The van der Waals surface area contributed by atoms with Crippen LogP contribution in [0.3, 0.4) is 0 Å². The molecular formula is C18H16O2. The molecule has 0 unspecified atom stereocenters. The molecule has 2 nitrogen and oxygen atoms in total. The molecule has 0 heterocycles. The summed E-state index contributed by atoms with van der Waals surface area (Å²) in [5.41, 5.74) is 1.73. The Hall–Kier alpha value is -1.90. The minimum Gasteiger partial charge on any atom is -0.362 e. The van der Waals surface area contributed by atoms with E-state index in [1.54, 1.807) is 0 Å². The maximum Gasteiger partial charge on any atom is 0.190 e. The zero-order valence-corrected chi connectivity index (χ0v) is 11.1. The minimum atomic E-state index is -1.67. The van der Waals surface area contributed by atoms with E-state index in [9.17, 15) is 10.2 Å². The van der Waals surface area contributed by atoms with Gasteiger partial charge in [-0.2, -0.15) is 0 Å². The Kier molecular flexibility index (Phi) is 2.40. The summed E-state index contributed by atoms with van der Waals surface area (Å²) in [5.74, 6) is -1.67. The maximum atomic E-state index is 10.2. The molecule has 4 rings (SSSR count). The van der Waals surface area contributed by atoms with Crippen molar-refractivity contribution in [1.29, 1.82) is 0 Å². The Bertz CT molecular complexity index is 818. The van der Waals surface area contributed by atoms with E-state index in [4.69, 9.17) is 0 Å². The molecule has 0 radical (unpaired) electrons. The lowest BCUT2D eigenvalue weighted by Crippen LogP contribution is -2.29. The first-order valence-corrected chi connectivity index (χ1v) is 7.04. The predicted molar refractivity (Wildman–Crippen MR) is 80.5 cm³/mol. The van der Waals surface area contributed by atoms with Crippen molar-refractivity contribution >= 4 is 21.5 Å². The van der Waals surface area contributed by atoms with Crippen LogP contribution in [0.15, 0.2) is 48.5 Å². The summed E-state index contributed by atoms with van der Waals surface area (Å²) in [5, 5.41) is 24.9. The molecule has 0 saturated heterocycles. The first-order valence-electron chi connectivity index (χ1n) is 7.04. The summed E-state index contributed by atoms with van der Waals surface area (Å²) in [4.78, 5) is 0. The number of hydrogen-bond donors (Lipinski definition) is 2. The fourth-order valence-corrected chi connectivity index (χ4v) is 3.28. The van der Waals surface area contributed by atoms with E-state index in [2.05, 4.69) is 30.3 Å².